The summed E-state index contributed by atoms with van der Waals surface area (Å²) in [6.45, 7) is 6.20. The Labute approximate surface area is 322 Å². The molecule has 0 fully saturated rings. The van der Waals surface area contributed by atoms with Crippen molar-refractivity contribution >= 4 is 53.8 Å². The van der Waals surface area contributed by atoms with Gasteiger partial charge < -0.3 is 18.9 Å². The first kappa shape index (κ1) is 39.4. The van der Waals surface area contributed by atoms with Crippen molar-refractivity contribution in [3.8, 4) is 22.6 Å². The number of rotatable bonds is 9. The summed E-state index contributed by atoms with van der Waals surface area (Å²) >= 11 is 0. The predicted molar refractivity (Wildman–Crippen MR) is 169 cm³/mol. The Morgan fingerprint density at radius 1 is 0.688 bits per heavy atom. The summed E-state index contributed by atoms with van der Waals surface area (Å²) in [5.41, 5.74) is 4.76. The van der Waals surface area contributed by atoms with Crippen molar-refractivity contribution < 1.29 is 94.9 Å². The Morgan fingerprint density at radius 2 is 1.25 bits per heavy atom. The van der Waals surface area contributed by atoms with Gasteiger partial charge in [0.2, 0.25) is 0 Å². The Balaban J connectivity index is 0.00000312. The van der Waals surface area contributed by atoms with Gasteiger partial charge in [-0.1, -0.05) is 18.2 Å². The third-order valence-corrected chi connectivity index (χ3v) is 8.64. The van der Waals surface area contributed by atoms with Gasteiger partial charge in [0.05, 0.1) is 33.5 Å². The van der Waals surface area contributed by atoms with Crippen LogP contribution in [-0.2, 0) is 20.2 Å². The molecule has 0 amide bonds. The number of phenolic OH excluding ortho intramolecular Hbond substituents is 1. The fourth-order valence-electron chi connectivity index (χ4n) is 4.70. The van der Waals surface area contributed by atoms with Crippen LogP contribution < -0.4 is 63.9 Å². The fourth-order valence-corrected chi connectivity index (χ4v) is 6.04. The number of azo groups is 2. The second-order valence-electron chi connectivity index (χ2n) is 10.2. The van der Waals surface area contributed by atoms with Crippen molar-refractivity contribution in [2.24, 2.45) is 20.5 Å². The molecule has 0 atom stereocenters. The van der Waals surface area contributed by atoms with Crippen molar-refractivity contribution in [2.45, 2.75) is 30.6 Å². The molecular formula is C32H26N4Na2O8S2. The molecule has 0 aliphatic rings. The second kappa shape index (κ2) is 16.1. The largest absolute Gasteiger partial charge is 1.00 e. The van der Waals surface area contributed by atoms with Gasteiger partial charge in [-0.15, -0.1) is 5.11 Å². The molecule has 0 saturated heterocycles. The van der Waals surface area contributed by atoms with E-state index in [1.165, 1.54) is 6.07 Å². The number of hydrogen-bond acceptors (Lipinski definition) is 12. The maximum atomic E-state index is 12.0. The Hall–Kier alpha value is -3.02. The van der Waals surface area contributed by atoms with E-state index in [1.54, 1.807) is 19.1 Å². The summed E-state index contributed by atoms with van der Waals surface area (Å²) in [7, 11) is -10.4. The number of benzene rings is 5. The molecule has 5 aromatic rings. The van der Waals surface area contributed by atoms with Gasteiger partial charge in [-0.25, -0.2) is 16.8 Å². The molecule has 0 saturated carbocycles. The molecule has 0 unspecified atom stereocenters. The molecule has 48 heavy (non-hydrogen) atoms. The monoisotopic (exact) mass is 704 g/mol. The van der Waals surface area contributed by atoms with Crippen molar-refractivity contribution in [3.63, 3.8) is 0 Å². The van der Waals surface area contributed by atoms with Gasteiger partial charge in [0.1, 0.15) is 37.4 Å². The summed E-state index contributed by atoms with van der Waals surface area (Å²) in [5.74, 6) is 0.249. The van der Waals surface area contributed by atoms with Crippen molar-refractivity contribution in [1.82, 2.24) is 0 Å². The summed E-state index contributed by atoms with van der Waals surface area (Å²) in [6, 6.07) is 22.1. The van der Waals surface area contributed by atoms with E-state index >= 15 is 0 Å². The minimum atomic E-state index is -5.29. The van der Waals surface area contributed by atoms with E-state index in [0.29, 0.717) is 35.3 Å². The molecule has 0 bridgehead atoms. The molecule has 0 spiro atoms. The van der Waals surface area contributed by atoms with E-state index in [4.69, 9.17) is 4.74 Å². The molecule has 0 aliphatic carbocycles. The maximum absolute atomic E-state index is 12.0. The molecule has 5 rings (SSSR count). The van der Waals surface area contributed by atoms with Gasteiger partial charge in [-0.2, -0.15) is 15.3 Å². The molecule has 0 aromatic heterocycles. The van der Waals surface area contributed by atoms with Crippen LogP contribution in [0.25, 0.3) is 21.9 Å². The van der Waals surface area contributed by atoms with E-state index in [1.807, 2.05) is 62.4 Å². The van der Waals surface area contributed by atoms with Crippen molar-refractivity contribution in [2.75, 3.05) is 6.61 Å². The van der Waals surface area contributed by atoms with Crippen LogP contribution in [-0.4, -0.2) is 37.7 Å². The molecule has 16 heteroatoms. The average molecular weight is 705 g/mol. The second-order valence-corrected chi connectivity index (χ2v) is 12.9. The third-order valence-electron chi connectivity index (χ3n) is 6.97. The maximum Gasteiger partial charge on any atom is 1.00 e. The summed E-state index contributed by atoms with van der Waals surface area (Å²) in [4.78, 5) is -1.93. The number of aryl methyl sites for hydroxylation is 2. The van der Waals surface area contributed by atoms with Crippen LogP contribution in [0.1, 0.15) is 18.1 Å². The minimum absolute atomic E-state index is 0. The Morgan fingerprint density at radius 3 is 1.75 bits per heavy atom. The number of ether oxygens (including phenoxy) is 1. The van der Waals surface area contributed by atoms with Gasteiger partial charge in [0, 0.05) is 5.39 Å². The quantitative estimate of drug-likeness (QED) is 0.137. The van der Waals surface area contributed by atoms with E-state index in [9.17, 15) is 31.0 Å². The molecule has 5 aromatic carbocycles. The van der Waals surface area contributed by atoms with E-state index in [0.717, 1.165) is 34.6 Å². The van der Waals surface area contributed by atoms with Gasteiger partial charge in [0.25, 0.3) is 0 Å². The zero-order valence-corrected chi connectivity index (χ0v) is 32.3. The van der Waals surface area contributed by atoms with Crippen LogP contribution in [0.2, 0.25) is 0 Å². The smallest absolute Gasteiger partial charge is 0.744 e. The van der Waals surface area contributed by atoms with Crippen molar-refractivity contribution in [1.29, 1.82) is 0 Å². The fraction of sp³-hybridized carbons (Fsp3) is 0.125. The summed E-state index contributed by atoms with van der Waals surface area (Å²) < 4.78 is 76.3. The van der Waals surface area contributed by atoms with Crippen molar-refractivity contribution in [3.05, 3.63) is 96.1 Å². The number of nitrogens with zero attached hydrogens (tertiary/aromatic N) is 4. The van der Waals surface area contributed by atoms with Crippen LogP contribution in [0.4, 0.5) is 22.7 Å². The van der Waals surface area contributed by atoms with Crippen LogP contribution in [0.15, 0.2) is 115 Å². The molecule has 12 nitrogen and oxygen atoms in total. The first-order valence-electron chi connectivity index (χ1n) is 13.7. The predicted octanol–water partition coefficient (Wildman–Crippen LogP) is 1.87. The molecule has 0 aliphatic heterocycles. The zero-order chi connectivity index (χ0) is 33.2. The SMILES string of the molecule is CCOc1ccc(N=Nc2ccc(-c3ccc(N=Nc4c(O)ccc5cc(S(=O)(=O)[O-])cc(S(=O)(=O)[O-])c45)c(C)c3)cc2C)cc1.[Na+].[Na+]. The Bertz CT molecular complexity index is 2260. The normalized spacial score (nSPS) is 11.9. The zero-order valence-electron chi connectivity index (χ0n) is 26.7. The molecule has 0 radical (unpaired) electrons. The molecular weight excluding hydrogens is 678 g/mol. The summed E-state index contributed by atoms with van der Waals surface area (Å²) in [5, 5.41) is 26.9. The standard InChI is InChI=1S/C32H28N4O8S2.2Na/c1-4-44-25-10-8-24(9-11-25)33-34-27-12-5-21(15-19(27)2)22-6-13-28(20(3)16-22)35-36-32-29(37)14-7-23-17-26(45(38,39)40)18-30(31(23)32)46(41,42)43;;/h5-18,37H,4H2,1-3H3,(H,38,39,40)(H,41,42,43);;/q;2*+1/p-2. The van der Waals surface area contributed by atoms with Gasteiger partial charge >= 0.3 is 59.1 Å². The van der Waals surface area contributed by atoms with Gasteiger partial charge in [-0.05, 0) is 115 Å². The molecule has 1 N–H and O–H groups in total. The third kappa shape index (κ3) is 9.15. The first-order chi connectivity index (χ1) is 21.7. The Kier molecular flexibility index (Phi) is 13.2. The number of hydrogen-bond donors (Lipinski definition) is 1. The molecule has 0 heterocycles. The minimum Gasteiger partial charge on any atom is -0.744 e. The van der Waals surface area contributed by atoms with Crippen LogP contribution in [0, 0.1) is 13.8 Å². The average Bonchev–Trinajstić information content (AvgIpc) is 3.00. The van der Waals surface area contributed by atoms with Crippen LogP contribution in [0.3, 0.4) is 0 Å². The summed E-state index contributed by atoms with van der Waals surface area (Å²) in [6.07, 6.45) is 0. The number of phenols is 1. The van der Waals surface area contributed by atoms with Crippen LogP contribution >= 0.6 is 0 Å². The van der Waals surface area contributed by atoms with E-state index < -0.39 is 35.8 Å². The van der Waals surface area contributed by atoms with Crippen LogP contribution in [0.5, 0.6) is 11.5 Å². The van der Waals surface area contributed by atoms with E-state index in [-0.39, 0.29) is 75.6 Å². The van der Waals surface area contributed by atoms with Gasteiger partial charge in [0.15, 0.2) is 0 Å². The van der Waals surface area contributed by atoms with E-state index in [2.05, 4.69) is 20.5 Å². The van der Waals surface area contributed by atoms with Gasteiger partial charge in [-0.3, -0.25) is 0 Å². The topological polar surface area (TPSA) is 193 Å². The molecule has 236 valence electrons. The number of aromatic hydroxyl groups is 1. The first-order valence-corrected chi connectivity index (χ1v) is 16.6. The number of fused-ring (bicyclic) bond motifs is 1.